The number of carbonyl (C=O) groups excluding carboxylic acids is 2. The first-order chi connectivity index (χ1) is 14.1. The van der Waals surface area contributed by atoms with Gasteiger partial charge < -0.3 is 14.4 Å². The normalized spacial score (nSPS) is 18.4. The number of benzene rings is 2. The molecule has 1 unspecified atom stereocenters. The molecular weight excluding hydrogens is 390 g/mol. The number of carbonyl (C=O) groups is 2. The van der Waals surface area contributed by atoms with Crippen LogP contribution in [0.4, 0.5) is 0 Å². The van der Waals surface area contributed by atoms with Crippen molar-refractivity contribution in [3.63, 3.8) is 0 Å². The molecule has 1 amide bonds. The Hall–Kier alpha value is -3.31. The summed E-state index contributed by atoms with van der Waals surface area (Å²) in [6.45, 7) is 0.295. The predicted molar refractivity (Wildman–Crippen MR) is 109 cm³/mol. The average molecular weight is 408 g/mol. The van der Waals surface area contributed by atoms with Crippen molar-refractivity contribution >= 4 is 29.1 Å². The molecule has 1 aromatic heterocycles. The van der Waals surface area contributed by atoms with E-state index < -0.39 is 17.7 Å². The van der Waals surface area contributed by atoms with Crippen LogP contribution in [0.15, 0.2) is 83.0 Å². The molecular formula is C23H18ClNO4. The van der Waals surface area contributed by atoms with E-state index in [4.69, 9.17) is 16.0 Å². The van der Waals surface area contributed by atoms with Crippen LogP contribution in [0.2, 0.25) is 5.02 Å². The highest BCUT2D eigenvalue weighted by Gasteiger charge is 2.47. The second kappa shape index (κ2) is 7.97. The van der Waals surface area contributed by atoms with Crippen molar-refractivity contribution < 1.29 is 19.1 Å². The molecule has 2 heterocycles. The summed E-state index contributed by atoms with van der Waals surface area (Å²) in [5.74, 6) is -1.15. The minimum Gasteiger partial charge on any atom is -0.507 e. The molecule has 1 atom stereocenters. The molecule has 0 aliphatic carbocycles. The Balaban J connectivity index is 1.72. The average Bonchev–Trinajstić information content (AvgIpc) is 3.35. The Morgan fingerprint density at radius 3 is 2.38 bits per heavy atom. The molecule has 1 N–H and O–H groups in total. The summed E-state index contributed by atoms with van der Waals surface area (Å²) in [5.41, 5.74) is 1.49. The molecule has 29 heavy (non-hydrogen) atoms. The summed E-state index contributed by atoms with van der Waals surface area (Å²) in [4.78, 5) is 27.1. The fourth-order valence-corrected chi connectivity index (χ4v) is 3.63. The lowest BCUT2D eigenvalue weighted by Crippen LogP contribution is -2.31. The lowest BCUT2D eigenvalue weighted by Gasteiger charge is -2.23. The van der Waals surface area contributed by atoms with Crippen LogP contribution in [0.5, 0.6) is 0 Å². The van der Waals surface area contributed by atoms with Crippen molar-refractivity contribution in [2.24, 2.45) is 0 Å². The van der Waals surface area contributed by atoms with Crippen LogP contribution in [0, 0.1) is 0 Å². The number of nitrogens with zero attached hydrogens (tertiary/aromatic N) is 1. The highest BCUT2D eigenvalue weighted by atomic mass is 35.5. The Bertz CT molecular complexity index is 1060. The van der Waals surface area contributed by atoms with Crippen molar-refractivity contribution in [1.82, 2.24) is 4.90 Å². The zero-order valence-corrected chi connectivity index (χ0v) is 16.2. The lowest BCUT2D eigenvalue weighted by molar-refractivity contribution is -0.140. The van der Waals surface area contributed by atoms with E-state index in [-0.39, 0.29) is 11.3 Å². The molecule has 2 aromatic carbocycles. The number of Topliss-reactive ketones (excluding diaryl/α,β-unsaturated/α-hetero) is 1. The van der Waals surface area contributed by atoms with Gasteiger partial charge in [-0.25, -0.2) is 0 Å². The first-order valence-electron chi connectivity index (χ1n) is 9.18. The summed E-state index contributed by atoms with van der Waals surface area (Å²) in [6, 6.07) is 18.6. The highest BCUT2D eigenvalue weighted by Crippen LogP contribution is 2.39. The molecule has 0 saturated carbocycles. The Morgan fingerprint density at radius 1 is 1.00 bits per heavy atom. The fraction of sp³-hybridized carbons (Fsp3) is 0.130. The number of aliphatic hydroxyl groups excluding tert-OH is 1. The van der Waals surface area contributed by atoms with Gasteiger partial charge in [-0.2, -0.15) is 0 Å². The van der Waals surface area contributed by atoms with E-state index in [2.05, 4.69) is 0 Å². The number of halogens is 1. The summed E-state index contributed by atoms with van der Waals surface area (Å²) in [6.07, 6.45) is 2.02. The summed E-state index contributed by atoms with van der Waals surface area (Å²) < 4.78 is 5.52. The number of rotatable bonds is 5. The quantitative estimate of drug-likeness (QED) is 0.381. The predicted octanol–water partition coefficient (Wildman–Crippen LogP) is 4.60. The number of ketones is 1. The van der Waals surface area contributed by atoms with Gasteiger partial charge in [0.05, 0.1) is 11.8 Å². The van der Waals surface area contributed by atoms with Crippen LogP contribution in [-0.2, 0) is 16.0 Å². The number of aliphatic hydroxyl groups is 1. The van der Waals surface area contributed by atoms with Crippen LogP contribution in [0.3, 0.4) is 0 Å². The van der Waals surface area contributed by atoms with E-state index in [1.54, 1.807) is 48.5 Å². The molecule has 5 nitrogen and oxygen atoms in total. The first kappa shape index (κ1) is 19.0. The third kappa shape index (κ3) is 3.69. The zero-order valence-electron chi connectivity index (χ0n) is 15.4. The van der Waals surface area contributed by atoms with Crippen LogP contribution in [-0.4, -0.2) is 28.2 Å². The van der Waals surface area contributed by atoms with Crippen molar-refractivity contribution in [2.75, 3.05) is 6.54 Å². The van der Waals surface area contributed by atoms with Gasteiger partial charge in [0.15, 0.2) is 0 Å². The molecule has 4 rings (SSSR count). The number of hydrogen-bond donors (Lipinski definition) is 1. The summed E-state index contributed by atoms with van der Waals surface area (Å²) in [5, 5.41) is 11.5. The van der Waals surface area contributed by atoms with Crippen LogP contribution >= 0.6 is 11.6 Å². The second-order valence-electron chi connectivity index (χ2n) is 6.75. The van der Waals surface area contributed by atoms with Gasteiger partial charge in [-0.3, -0.25) is 9.59 Å². The van der Waals surface area contributed by atoms with Crippen LogP contribution in [0.1, 0.15) is 22.9 Å². The first-order valence-corrected chi connectivity index (χ1v) is 9.55. The minimum atomic E-state index is -0.780. The van der Waals surface area contributed by atoms with E-state index in [0.717, 1.165) is 5.56 Å². The third-order valence-electron chi connectivity index (χ3n) is 4.95. The Kier molecular flexibility index (Phi) is 5.23. The van der Waals surface area contributed by atoms with E-state index in [1.165, 1.54) is 11.2 Å². The van der Waals surface area contributed by atoms with Gasteiger partial charge in [0.25, 0.3) is 11.7 Å². The van der Waals surface area contributed by atoms with Gasteiger partial charge in [-0.1, -0.05) is 54.1 Å². The maximum absolute atomic E-state index is 12.8. The van der Waals surface area contributed by atoms with E-state index in [0.29, 0.717) is 29.3 Å². The van der Waals surface area contributed by atoms with Gasteiger partial charge in [0.2, 0.25) is 0 Å². The standard InChI is InChI=1S/C23H18ClNO4/c24-17-10-8-15(9-11-17)12-13-25-20(18-7-4-14-29-18)19(22(27)23(25)28)21(26)16-5-2-1-3-6-16/h1-11,14,20,26H,12-13H2/b21-19-. The molecule has 0 spiro atoms. The molecule has 0 radical (unpaired) electrons. The fourth-order valence-electron chi connectivity index (χ4n) is 3.51. The van der Waals surface area contributed by atoms with Gasteiger partial charge in [0.1, 0.15) is 17.6 Å². The smallest absolute Gasteiger partial charge is 0.295 e. The molecule has 1 saturated heterocycles. The molecule has 0 bridgehead atoms. The third-order valence-corrected chi connectivity index (χ3v) is 5.21. The van der Waals surface area contributed by atoms with Crippen molar-refractivity contribution in [1.29, 1.82) is 0 Å². The van der Waals surface area contributed by atoms with E-state index in [1.807, 2.05) is 18.2 Å². The highest BCUT2D eigenvalue weighted by molar-refractivity contribution is 6.46. The number of amides is 1. The van der Waals surface area contributed by atoms with Crippen molar-refractivity contribution in [3.05, 3.63) is 100 Å². The SMILES string of the molecule is O=C1C(=O)N(CCc2ccc(Cl)cc2)C(c2ccco2)/C1=C(/O)c1ccccc1. The van der Waals surface area contributed by atoms with Crippen LogP contribution < -0.4 is 0 Å². The number of hydrogen-bond acceptors (Lipinski definition) is 4. The molecule has 146 valence electrons. The zero-order chi connectivity index (χ0) is 20.4. The molecule has 1 aliphatic heterocycles. The second-order valence-corrected chi connectivity index (χ2v) is 7.19. The van der Waals surface area contributed by atoms with E-state index in [9.17, 15) is 14.7 Å². The largest absolute Gasteiger partial charge is 0.507 e. The topological polar surface area (TPSA) is 70.8 Å². The van der Waals surface area contributed by atoms with Crippen molar-refractivity contribution in [3.8, 4) is 0 Å². The maximum Gasteiger partial charge on any atom is 0.295 e. The minimum absolute atomic E-state index is 0.0345. The monoisotopic (exact) mass is 407 g/mol. The van der Waals surface area contributed by atoms with Gasteiger partial charge >= 0.3 is 0 Å². The molecule has 6 heteroatoms. The maximum atomic E-state index is 12.8. The van der Waals surface area contributed by atoms with Gasteiger partial charge in [-0.05, 0) is 36.2 Å². The number of furan rings is 1. The van der Waals surface area contributed by atoms with Crippen LogP contribution in [0.25, 0.3) is 5.76 Å². The van der Waals surface area contributed by atoms with Gasteiger partial charge in [-0.15, -0.1) is 0 Å². The molecule has 3 aromatic rings. The summed E-state index contributed by atoms with van der Waals surface area (Å²) >= 11 is 5.93. The lowest BCUT2D eigenvalue weighted by atomic mass is 9.99. The van der Waals surface area contributed by atoms with Crippen molar-refractivity contribution in [2.45, 2.75) is 12.5 Å². The Labute approximate surface area is 172 Å². The molecule has 1 fully saturated rings. The Morgan fingerprint density at radius 2 is 1.72 bits per heavy atom. The van der Waals surface area contributed by atoms with Gasteiger partial charge in [0, 0.05) is 17.1 Å². The molecule has 1 aliphatic rings. The van der Waals surface area contributed by atoms with E-state index >= 15 is 0 Å². The number of likely N-dealkylation sites (tertiary alicyclic amines) is 1. The summed E-state index contributed by atoms with van der Waals surface area (Å²) in [7, 11) is 0.